The van der Waals surface area contributed by atoms with E-state index in [2.05, 4.69) is 37.4 Å². The van der Waals surface area contributed by atoms with Gasteiger partial charge in [0.1, 0.15) is 6.10 Å². The summed E-state index contributed by atoms with van der Waals surface area (Å²) in [7, 11) is 0. The molecule has 0 aromatic heterocycles. The summed E-state index contributed by atoms with van der Waals surface area (Å²) in [5.41, 5.74) is 0.939. The third-order valence-electron chi connectivity index (χ3n) is 6.94. The minimum absolute atomic E-state index is 0.00795. The number of carbonyl (C=O) groups is 2. The predicted molar refractivity (Wildman–Crippen MR) is 139 cm³/mol. The first kappa shape index (κ1) is 28.8. The summed E-state index contributed by atoms with van der Waals surface area (Å²) in [6, 6.07) is -0.247. The first-order chi connectivity index (χ1) is 18.1. The van der Waals surface area contributed by atoms with Crippen LogP contribution in [0.5, 0.6) is 0 Å². The zero-order valence-corrected chi connectivity index (χ0v) is 23.0. The summed E-state index contributed by atoms with van der Waals surface area (Å²) < 4.78 is 34.1. The van der Waals surface area contributed by atoms with Crippen molar-refractivity contribution in [3.63, 3.8) is 0 Å². The summed E-state index contributed by atoms with van der Waals surface area (Å²) in [6.07, 6.45) is 10.4. The molecular weight excluding hydrogens is 492 g/mol. The van der Waals surface area contributed by atoms with Crippen molar-refractivity contribution >= 4 is 12.0 Å². The van der Waals surface area contributed by atoms with Gasteiger partial charge >= 0.3 is 6.09 Å². The molecule has 10 heteroatoms. The summed E-state index contributed by atoms with van der Waals surface area (Å²) in [5, 5.41) is 2.86. The third-order valence-corrected chi connectivity index (χ3v) is 6.94. The maximum Gasteiger partial charge on any atom is 0.410 e. The van der Waals surface area contributed by atoms with Gasteiger partial charge in [0, 0.05) is 38.4 Å². The molecule has 1 N–H and O–H groups in total. The van der Waals surface area contributed by atoms with E-state index in [0.29, 0.717) is 45.9 Å². The molecule has 10 nitrogen and oxygen atoms in total. The van der Waals surface area contributed by atoms with Crippen LogP contribution in [0.2, 0.25) is 0 Å². The molecule has 38 heavy (non-hydrogen) atoms. The van der Waals surface area contributed by atoms with Crippen LogP contribution in [-0.4, -0.2) is 98.8 Å². The highest BCUT2D eigenvalue weighted by atomic mass is 16.7. The molecule has 4 fully saturated rings. The second-order valence-corrected chi connectivity index (χ2v) is 11.2. The summed E-state index contributed by atoms with van der Waals surface area (Å²) >= 11 is 0. The smallest absolute Gasteiger partial charge is 0.410 e. The Labute approximate surface area is 225 Å². The molecule has 2 amide bonds. The van der Waals surface area contributed by atoms with Gasteiger partial charge < -0.3 is 38.6 Å². The van der Waals surface area contributed by atoms with Crippen LogP contribution in [0.15, 0.2) is 36.0 Å². The lowest BCUT2D eigenvalue weighted by molar-refractivity contribution is -0.187. The van der Waals surface area contributed by atoms with Crippen LogP contribution in [0.25, 0.3) is 0 Å². The molecule has 4 saturated heterocycles. The van der Waals surface area contributed by atoms with Crippen molar-refractivity contribution in [1.29, 1.82) is 0 Å². The number of hydrogen-bond acceptors (Lipinski definition) is 8. The fourth-order valence-corrected chi connectivity index (χ4v) is 5.00. The lowest BCUT2D eigenvalue weighted by atomic mass is 9.85. The van der Waals surface area contributed by atoms with Gasteiger partial charge in [-0.05, 0) is 33.8 Å². The van der Waals surface area contributed by atoms with Crippen molar-refractivity contribution in [2.45, 2.75) is 82.7 Å². The van der Waals surface area contributed by atoms with Crippen LogP contribution in [-0.2, 0) is 33.2 Å². The normalized spacial score (nSPS) is 32.5. The van der Waals surface area contributed by atoms with Crippen LogP contribution in [0.3, 0.4) is 0 Å². The van der Waals surface area contributed by atoms with Crippen LogP contribution < -0.4 is 5.32 Å². The largest absolute Gasteiger partial charge is 0.442 e. The van der Waals surface area contributed by atoms with Gasteiger partial charge in [-0.3, -0.25) is 4.79 Å². The Morgan fingerprint density at radius 3 is 2.55 bits per heavy atom. The number of morpholine rings is 1. The molecule has 4 aliphatic rings. The second kappa shape index (κ2) is 12.7. The van der Waals surface area contributed by atoms with Crippen LogP contribution in [0.4, 0.5) is 4.79 Å². The van der Waals surface area contributed by atoms with E-state index >= 15 is 0 Å². The van der Waals surface area contributed by atoms with Crippen LogP contribution in [0.1, 0.15) is 47.0 Å². The van der Waals surface area contributed by atoms with Gasteiger partial charge in [-0.15, -0.1) is 0 Å². The number of rotatable bonds is 8. The Hall–Kier alpha value is -2.24. The average Bonchev–Trinajstić information content (AvgIpc) is 3.62. The van der Waals surface area contributed by atoms with E-state index in [1.165, 1.54) is 6.08 Å². The van der Waals surface area contributed by atoms with Gasteiger partial charge in [0.15, 0.2) is 6.29 Å². The van der Waals surface area contributed by atoms with E-state index in [-0.39, 0.29) is 35.5 Å². The zero-order chi connectivity index (χ0) is 27.2. The number of epoxide rings is 1. The second-order valence-electron chi connectivity index (χ2n) is 11.2. The summed E-state index contributed by atoms with van der Waals surface area (Å²) in [4.78, 5) is 26.0. The molecule has 4 rings (SSSR count). The van der Waals surface area contributed by atoms with Crippen molar-refractivity contribution in [1.82, 2.24) is 10.2 Å². The Balaban J connectivity index is 1.12. The number of ether oxygens (including phenoxy) is 6. The van der Waals surface area contributed by atoms with E-state index in [1.54, 1.807) is 17.9 Å². The number of amides is 2. The Morgan fingerprint density at radius 2 is 1.87 bits per heavy atom. The average molecular weight is 535 g/mol. The minimum Gasteiger partial charge on any atom is -0.442 e. The lowest BCUT2D eigenvalue weighted by Crippen LogP contribution is -2.46. The van der Waals surface area contributed by atoms with Crippen molar-refractivity contribution in [3.8, 4) is 0 Å². The first-order valence-corrected chi connectivity index (χ1v) is 13.5. The number of carbonyl (C=O) groups excluding carboxylic acids is 2. The van der Waals surface area contributed by atoms with Gasteiger partial charge in [-0.1, -0.05) is 23.8 Å². The topological polar surface area (TPSA) is 108 Å². The lowest BCUT2D eigenvalue weighted by Gasteiger charge is -2.38. The van der Waals surface area contributed by atoms with Gasteiger partial charge in [0.05, 0.1) is 56.4 Å². The molecule has 0 saturated carbocycles. The Morgan fingerprint density at radius 1 is 1.16 bits per heavy atom. The SMILES string of the molecule is CC(/C=C/[C@@H]1C[C@]2(CO2)CC(C)(C)O1)=C\CC1OCC(NC(=O)/C=C\[C@H](C)OC(=O)N2CCOCC2)CO1. The molecule has 3 atom stereocenters. The molecule has 212 valence electrons. The molecule has 0 radical (unpaired) electrons. The monoisotopic (exact) mass is 534 g/mol. The number of nitrogens with zero attached hydrogens (tertiary/aromatic N) is 1. The zero-order valence-electron chi connectivity index (χ0n) is 23.0. The molecule has 0 aromatic carbocycles. The van der Waals surface area contributed by atoms with Crippen molar-refractivity contribution < 1.29 is 38.0 Å². The quantitative estimate of drug-likeness (QED) is 0.288. The van der Waals surface area contributed by atoms with Crippen molar-refractivity contribution in [2.75, 3.05) is 46.1 Å². The third kappa shape index (κ3) is 8.91. The molecule has 4 aliphatic heterocycles. The summed E-state index contributed by atoms with van der Waals surface area (Å²) in [6.45, 7) is 11.6. The standard InChI is InChI=1S/C28H42N2O8/c1-20(5-8-23-15-28(19-36-28)18-27(3,4)38-23)6-10-25-34-16-22(17-35-25)29-24(31)9-7-21(2)37-26(32)30-11-13-33-14-12-30/h5-9,21-23,25H,10-19H2,1-4H3,(H,29,31)/b8-5+,9-7-,20-6+/t21-,22?,23+,25?,28+/m0/s1. The van der Waals surface area contributed by atoms with Gasteiger partial charge in [-0.25, -0.2) is 4.79 Å². The molecule has 4 heterocycles. The molecule has 0 aromatic rings. The maximum atomic E-state index is 12.3. The van der Waals surface area contributed by atoms with Gasteiger partial charge in [-0.2, -0.15) is 0 Å². The number of allylic oxidation sites excluding steroid dienone is 2. The summed E-state index contributed by atoms with van der Waals surface area (Å²) in [5.74, 6) is -0.290. The Kier molecular flexibility index (Phi) is 9.64. The van der Waals surface area contributed by atoms with E-state index < -0.39 is 12.2 Å². The van der Waals surface area contributed by atoms with E-state index in [9.17, 15) is 9.59 Å². The highest BCUT2D eigenvalue weighted by Crippen LogP contribution is 2.46. The van der Waals surface area contributed by atoms with E-state index in [1.807, 2.05) is 6.92 Å². The fraction of sp³-hybridized carbons (Fsp3) is 0.714. The molecule has 0 aliphatic carbocycles. The predicted octanol–water partition coefficient (Wildman–Crippen LogP) is 2.88. The first-order valence-electron chi connectivity index (χ1n) is 13.5. The molecule has 1 spiro atoms. The van der Waals surface area contributed by atoms with Gasteiger partial charge in [0.25, 0.3) is 0 Å². The molecular formula is C28H42N2O8. The molecule has 0 bridgehead atoms. The van der Waals surface area contributed by atoms with Gasteiger partial charge in [0.2, 0.25) is 5.91 Å². The van der Waals surface area contributed by atoms with Crippen molar-refractivity contribution in [3.05, 3.63) is 36.0 Å². The van der Waals surface area contributed by atoms with Crippen LogP contribution >= 0.6 is 0 Å². The van der Waals surface area contributed by atoms with Crippen LogP contribution in [0, 0.1) is 0 Å². The maximum absolute atomic E-state index is 12.3. The highest BCUT2D eigenvalue weighted by molar-refractivity contribution is 5.87. The number of nitrogens with one attached hydrogen (secondary N) is 1. The van der Waals surface area contributed by atoms with Crippen molar-refractivity contribution in [2.24, 2.45) is 0 Å². The van der Waals surface area contributed by atoms with E-state index in [0.717, 1.165) is 25.0 Å². The Bertz CT molecular complexity index is 906. The van der Waals surface area contributed by atoms with E-state index in [4.69, 9.17) is 28.4 Å². The highest BCUT2D eigenvalue weighted by Gasteiger charge is 2.53. The fourth-order valence-electron chi connectivity index (χ4n) is 5.00. The molecule has 0 unspecified atom stereocenters. The number of hydrogen-bond donors (Lipinski definition) is 1. The minimum atomic E-state index is -0.525.